The molecule has 0 saturated heterocycles. The van der Waals surface area contributed by atoms with Crippen molar-refractivity contribution in [1.29, 1.82) is 0 Å². The SMILES string of the molecule is OC1C=CCCC1.c1ccc2ccccc2c1. The van der Waals surface area contributed by atoms with Gasteiger partial charge in [-0.25, -0.2) is 0 Å². The third-order valence-corrected chi connectivity index (χ3v) is 2.89. The first-order valence-corrected chi connectivity index (χ1v) is 6.15. The van der Waals surface area contributed by atoms with Gasteiger partial charge in [-0.2, -0.15) is 0 Å². The number of hydrogen-bond donors (Lipinski definition) is 1. The van der Waals surface area contributed by atoms with Crippen LogP contribution in [0.2, 0.25) is 0 Å². The topological polar surface area (TPSA) is 20.2 Å². The molecule has 88 valence electrons. The largest absolute Gasteiger partial charge is 0.389 e. The summed E-state index contributed by atoms with van der Waals surface area (Å²) < 4.78 is 0. The second-order valence-electron chi connectivity index (χ2n) is 4.27. The molecule has 0 bridgehead atoms. The Kier molecular flexibility index (Phi) is 4.34. The van der Waals surface area contributed by atoms with Crippen LogP contribution in [0.5, 0.6) is 0 Å². The third-order valence-electron chi connectivity index (χ3n) is 2.89. The van der Waals surface area contributed by atoms with Gasteiger partial charge in [0.25, 0.3) is 0 Å². The van der Waals surface area contributed by atoms with Gasteiger partial charge in [0.1, 0.15) is 0 Å². The second kappa shape index (κ2) is 6.21. The van der Waals surface area contributed by atoms with E-state index in [4.69, 9.17) is 5.11 Å². The number of aliphatic hydroxyl groups is 1. The molecule has 1 atom stereocenters. The monoisotopic (exact) mass is 226 g/mol. The van der Waals surface area contributed by atoms with Crippen LogP contribution >= 0.6 is 0 Å². The van der Waals surface area contributed by atoms with Crippen molar-refractivity contribution >= 4 is 10.8 Å². The molecule has 0 aromatic heterocycles. The molecule has 2 aromatic rings. The summed E-state index contributed by atoms with van der Waals surface area (Å²) in [5, 5.41) is 11.4. The van der Waals surface area contributed by atoms with Crippen molar-refractivity contribution in [2.24, 2.45) is 0 Å². The highest BCUT2D eigenvalue weighted by atomic mass is 16.3. The molecule has 1 unspecified atom stereocenters. The molecule has 0 radical (unpaired) electrons. The van der Waals surface area contributed by atoms with Gasteiger partial charge in [0.15, 0.2) is 0 Å². The molecule has 17 heavy (non-hydrogen) atoms. The zero-order valence-corrected chi connectivity index (χ0v) is 9.92. The zero-order chi connectivity index (χ0) is 11.9. The Morgan fingerprint density at radius 1 is 0.882 bits per heavy atom. The van der Waals surface area contributed by atoms with Gasteiger partial charge in [-0.15, -0.1) is 0 Å². The van der Waals surface area contributed by atoms with Gasteiger partial charge < -0.3 is 5.11 Å². The van der Waals surface area contributed by atoms with E-state index in [1.807, 2.05) is 12.2 Å². The zero-order valence-electron chi connectivity index (χ0n) is 9.92. The van der Waals surface area contributed by atoms with Gasteiger partial charge >= 0.3 is 0 Å². The van der Waals surface area contributed by atoms with E-state index in [0.717, 1.165) is 19.3 Å². The lowest BCUT2D eigenvalue weighted by atomic mass is 10.1. The standard InChI is InChI=1S/C10H8.C6H10O/c1-2-6-10-8-4-3-7-9(10)5-1;7-6-4-2-1-3-5-6/h1-8H;2,4,6-7H,1,3,5H2. The number of fused-ring (bicyclic) bond motifs is 1. The number of aliphatic hydroxyl groups excluding tert-OH is 1. The van der Waals surface area contributed by atoms with Gasteiger partial charge in [0.2, 0.25) is 0 Å². The lowest BCUT2D eigenvalue weighted by molar-refractivity contribution is 0.204. The highest BCUT2D eigenvalue weighted by Gasteiger charge is 2.00. The van der Waals surface area contributed by atoms with Crippen LogP contribution in [0.1, 0.15) is 19.3 Å². The highest BCUT2D eigenvalue weighted by molar-refractivity contribution is 5.81. The van der Waals surface area contributed by atoms with Crippen LogP contribution in [0.4, 0.5) is 0 Å². The van der Waals surface area contributed by atoms with Crippen molar-refractivity contribution in [2.45, 2.75) is 25.4 Å². The molecule has 0 amide bonds. The minimum Gasteiger partial charge on any atom is -0.389 e. The Balaban J connectivity index is 0.000000136. The van der Waals surface area contributed by atoms with Crippen molar-refractivity contribution in [3.05, 3.63) is 60.7 Å². The molecule has 1 N–H and O–H groups in total. The summed E-state index contributed by atoms with van der Waals surface area (Å²) in [6.45, 7) is 0. The number of hydrogen-bond acceptors (Lipinski definition) is 1. The molecule has 0 heterocycles. The number of rotatable bonds is 0. The predicted molar refractivity (Wildman–Crippen MR) is 72.9 cm³/mol. The Morgan fingerprint density at radius 2 is 1.41 bits per heavy atom. The Hall–Kier alpha value is -1.60. The molecule has 2 aromatic carbocycles. The average Bonchev–Trinajstić information content (AvgIpc) is 2.41. The summed E-state index contributed by atoms with van der Waals surface area (Å²) in [5.74, 6) is 0. The normalized spacial score (nSPS) is 18.5. The molecular formula is C16H18O. The smallest absolute Gasteiger partial charge is 0.0721 e. The Morgan fingerprint density at radius 3 is 1.71 bits per heavy atom. The number of allylic oxidation sites excluding steroid dienone is 1. The van der Waals surface area contributed by atoms with Gasteiger partial charge in [-0.3, -0.25) is 0 Å². The van der Waals surface area contributed by atoms with Crippen molar-refractivity contribution in [3.63, 3.8) is 0 Å². The molecule has 0 fully saturated rings. The number of benzene rings is 2. The maximum absolute atomic E-state index is 8.82. The summed E-state index contributed by atoms with van der Waals surface area (Å²) in [6.07, 6.45) is 7.01. The van der Waals surface area contributed by atoms with Gasteiger partial charge in [0, 0.05) is 0 Å². The molecule has 1 aliphatic carbocycles. The molecule has 1 heteroatoms. The Labute approximate surface area is 102 Å². The van der Waals surface area contributed by atoms with Crippen LogP contribution in [0, 0.1) is 0 Å². The van der Waals surface area contributed by atoms with E-state index in [0.29, 0.717) is 0 Å². The summed E-state index contributed by atoms with van der Waals surface area (Å²) in [6, 6.07) is 16.7. The predicted octanol–water partition coefficient (Wildman–Crippen LogP) is 3.93. The van der Waals surface area contributed by atoms with Gasteiger partial charge in [-0.05, 0) is 30.0 Å². The van der Waals surface area contributed by atoms with Crippen LogP contribution in [-0.2, 0) is 0 Å². The maximum Gasteiger partial charge on any atom is 0.0721 e. The first kappa shape index (κ1) is 11.9. The van der Waals surface area contributed by atoms with Crippen molar-refractivity contribution < 1.29 is 5.11 Å². The fraction of sp³-hybridized carbons (Fsp3) is 0.250. The molecule has 0 saturated carbocycles. The first-order valence-electron chi connectivity index (χ1n) is 6.15. The van der Waals surface area contributed by atoms with Crippen molar-refractivity contribution in [1.82, 2.24) is 0 Å². The summed E-state index contributed by atoms with van der Waals surface area (Å²) >= 11 is 0. The van der Waals surface area contributed by atoms with Crippen LogP contribution in [0.15, 0.2) is 60.7 Å². The summed E-state index contributed by atoms with van der Waals surface area (Å²) in [7, 11) is 0. The lowest BCUT2D eigenvalue weighted by Crippen LogP contribution is -2.04. The minimum atomic E-state index is -0.145. The summed E-state index contributed by atoms with van der Waals surface area (Å²) in [4.78, 5) is 0. The van der Waals surface area contributed by atoms with Gasteiger partial charge in [-0.1, -0.05) is 60.7 Å². The molecule has 3 rings (SSSR count). The van der Waals surface area contributed by atoms with E-state index >= 15 is 0 Å². The quantitative estimate of drug-likeness (QED) is 0.675. The van der Waals surface area contributed by atoms with Gasteiger partial charge in [0.05, 0.1) is 6.10 Å². The Bertz CT molecular complexity index is 422. The third kappa shape index (κ3) is 3.72. The van der Waals surface area contributed by atoms with Crippen LogP contribution in [0.3, 0.4) is 0 Å². The van der Waals surface area contributed by atoms with Crippen LogP contribution < -0.4 is 0 Å². The minimum absolute atomic E-state index is 0.145. The molecule has 1 nitrogen and oxygen atoms in total. The van der Waals surface area contributed by atoms with E-state index < -0.39 is 0 Å². The molecule has 1 aliphatic rings. The van der Waals surface area contributed by atoms with E-state index in [2.05, 4.69) is 48.5 Å². The molecule has 0 aliphatic heterocycles. The van der Waals surface area contributed by atoms with E-state index in [-0.39, 0.29) is 6.10 Å². The average molecular weight is 226 g/mol. The van der Waals surface area contributed by atoms with Crippen molar-refractivity contribution in [2.75, 3.05) is 0 Å². The fourth-order valence-corrected chi connectivity index (χ4v) is 1.93. The molecular weight excluding hydrogens is 208 g/mol. The van der Waals surface area contributed by atoms with E-state index in [1.54, 1.807) is 0 Å². The first-order chi connectivity index (χ1) is 8.36. The fourth-order valence-electron chi connectivity index (χ4n) is 1.93. The van der Waals surface area contributed by atoms with Crippen LogP contribution in [-0.4, -0.2) is 11.2 Å². The lowest BCUT2D eigenvalue weighted by Gasteiger charge is -2.07. The van der Waals surface area contributed by atoms with Crippen molar-refractivity contribution in [3.8, 4) is 0 Å². The maximum atomic E-state index is 8.82. The second-order valence-corrected chi connectivity index (χ2v) is 4.27. The summed E-state index contributed by atoms with van der Waals surface area (Å²) in [5.41, 5.74) is 0. The highest BCUT2D eigenvalue weighted by Crippen LogP contribution is 2.11. The molecule has 0 spiro atoms. The van der Waals surface area contributed by atoms with Crippen LogP contribution in [0.25, 0.3) is 10.8 Å². The van der Waals surface area contributed by atoms with E-state index in [9.17, 15) is 0 Å². The van der Waals surface area contributed by atoms with E-state index in [1.165, 1.54) is 10.8 Å².